The van der Waals surface area contributed by atoms with Gasteiger partial charge in [-0.25, -0.2) is 0 Å². The molecular formula is C19H13ClN4OS. The van der Waals surface area contributed by atoms with Crippen molar-refractivity contribution in [2.45, 2.75) is 6.92 Å². The summed E-state index contributed by atoms with van der Waals surface area (Å²) in [5, 5.41) is 15.3. The number of hydrogen-bond acceptors (Lipinski definition) is 4. The number of aromatic nitrogens is 3. The highest BCUT2D eigenvalue weighted by Gasteiger charge is 2.11. The number of aromatic amines is 1. The Morgan fingerprint density at radius 3 is 2.19 bits per heavy atom. The van der Waals surface area contributed by atoms with Gasteiger partial charge in [-0.15, -0.1) is 0 Å². The molecule has 4 rings (SSSR count). The predicted octanol–water partition coefficient (Wildman–Crippen LogP) is 4.45. The molecule has 0 spiro atoms. The molecule has 26 heavy (non-hydrogen) atoms. The standard InChI is InChI=1S/C19H13ClN4OS/c1-11-18(25)24(19(26)23-22-11)21-10-16-12-6-2-4-8-14(12)17(20)15-9-5-3-7-13(15)16/h2-10H,1H3,(H,23,26). The molecule has 3 aromatic carbocycles. The zero-order valence-electron chi connectivity index (χ0n) is 13.7. The Kier molecular flexibility index (Phi) is 4.14. The van der Waals surface area contributed by atoms with Gasteiger partial charge in [0.15, 0.2) is 0 Å². The van der Waals surface area contributed by atoms with Crippen LogP contribution in [0.4, 0.5) is 0 Å². The Hall–Kier alpha value is -2.83. The molecule has 4 aromatic rings. The highest BCUT2D eigenvalue weighted by atomic mass is 35.5. The molecule has 0 unspecified atom stereocenters. The summed E-state index contributed by atoms with van der Waals surface area (Å²) in [5.41, 5.74) is 0.811. The Labute approximate surface area is 158 Å². The van der Waals surface area contributed by atoms with Crippen molar-refractivity contribution in [1.82, 2.24) is 14.9 Å². The third kappa shape index (κ3) is 2.64. The van der Waals surface area contributed by atoms with Crippen LogP contribution in [0.5, 0.6) is 0 Å². The summed E-state index contributed by atoms with van der Waals surface area (Å²) >= 11 is 11.7. The Morgan fingerprint density at radius 2 is 1.62 bits per heavy atom. The summed E-state index contributed by atoms with van der Waals surface area (Å²) in [5.74, 6) is 0. The fourth-order valence-electron chi connectivity index (χ4n) is 2.94. The zero-order valence-corrected chi connectivity index (χ0v) is 15.3. The van der Waals surface area contributed by atoms with Gasteiger partial charge in [0.1, 0.15) is 5.69 Å². The van der Waals surface area contributed by atoms with Crippen LogP contribution >= 0.6 is 23.8 Å². The average Bonchev–Trinajstić information content (AvgIpc) is 2.67. The predicted molar refractivity (Wildman–Crippen MR) is 108 cm³/mol. The van der Waals surface area contributed by atoms with Gasteiger partial charge in [-0.3, -0.25) is 9.89 Å². The van der Waals surface area contributed by atoms with Gasteiger partial charge in [-0.2, -0.15) is 14.9 Å². The summed E-state index contributed by atoms with van der Waals surface area (Å²) in [4.78, 5) is 12.3. The lowest BCUT2D eigenvalue weighted by Gasteiger charge is -2.10. The van der Waals surface area contributed by atoms with Crippen molar-refractivity contribution in [2.24, 2.45) is 5.10 Å². The van der Waals surface area contributed by atoms with Gasteiger partial charge in [0, 0.05) is 16.3 Å². The molecule has 0 aliphatic carbocycles. The molecule has 0 atom stereocenters. The van der Waals surface area contributed by atoms with E-state index in [0.717, 1.165) is 31.8 Å². The van der Waals surface area contributed by atoms with Crippen LogP contribution in [0.2, 0.25) is 5.02 Å². The van der Waals surface area contributed by atoms with Gasteiger partial charge >= 0.3 is 0 Å². The fraction of sp³-hybridized carbons (Fsp3) is 0.0526. The SMILES string of the molecule is Cc1n[nH]c(=S)n(N=Cc2c3ccccc3c(Cl)c3ccccc23)c1=O. The molecule has 0 aliphatic heterocycles. The normalized spacial score (nSPS) is 11.6. The quantitative estimate of drug-likeness (QED) is 0.317. The molecule has 0 fully saturated rings. The highest BCUT2D eigenvalue weighted by Crippen LogP contribution is 2.35. The summed E-state index contributed by atoms with van der Waals surface area (Å²) in [7, 11) is 0. The van der Waals surface area contributed by atoms with E-state index in [0.29, 0.717) is 10.7 Å². The molecule has 5 nitrogen and oxygen atoms in total. The van der Waals surface area contributed by atoms with Gasteiger partial charge < -0.3 is 0 Å². The minimum Gasteiger partial charge on any atom is -0.265 e. The first kappa shape index (κ1) is 16.6. The Balaban J connectivity index is 2.06. The van der Waals surface area contributed by atoms with E-state index in [1.54, 1.807) is 13.1 Å². The number of aryl methyl sites for hydroxylation is 1. The number of nitrogens with zero attached hydrogens (tertiary/aromatic N) is 3. The Morgan fingerprint density at radius 1 is 1.08 bits per heavy atom. The van der Waals surface area contributed by atoms with Crippen LogP contribution in [-0.2, 0) is 0 Å². The zero-order chi connectivity index (χ0) is 18.3. The van der Waals surface area contributed by atoms with Gasteiger partial charge in [-0.05, 0) is 29.9 Å². The molecule has 7 heteroatoms. The number of H-pyrrole nitrogens is 1. The fourth-order valence-corrected chi connectivity index (χ4v) is 3.45. The highest BCUT2D eigenvalue weighted by molar-refractivity contribution is 7.71. The molecule has 1 heterocycles. The van der Waals surface area contributed by atoms with Crippen LogP contribution in [0, 0.1) is 11.7 Å². The van der Waals surface area contributed by atoms with Gasteiger partial charge in [0.25, 0.3) is 5.56 Å². The van der Waals surface area contributed by atoms with Crippen LogP contribution in [0.25, 0.3) is 21.5 Å². The van der Waals surface area contributed by atoms with Crippen molar-refractivity contribution < 1.29 is 0 Å². The maximum atomic E-state index is 12.3. The first-order valence-electron chi connectivity index (χ1n) is 7.89. The average molecular weight is 381 g/mol. The smallest absolute Gasteiger partial charge is 0.265 e. The maximum absolute atomic E-state index is 12.3. The molecule has 128 valence electrons. The molecule has 0 saturated heterocycles. The molecule has 0 saturated carbocycles. The number of hydrogen-bond donors (Lipinski definition) is 1. The summed E-state index contributed by atoms with van der Waals surface area (Å²) in [6.07, 6.45) is 1.64. The summed E-state index contributed by atoms with van der Waals surface area (Å²) in [6.45, 7) is 1.60. The largest absolute Gasteiger partial charge is 0.296 e. The number of benzene rings is 3. The third-order valence-electron chi connectivity index (χ3n) is 4.22. The van der Waals surface area contributed by atoms with Crippen molar-refractivity contribution in [3.8, 4) is 0 Å². The first-order chi connectivity index (χ1) is 12.6. The van der Waals surface area contributed by atoms with E-state index in [1.807, 2.05) is 48.5 Å². The van der Waals surface area contributed by atoms with Crippen LogP contribution in [-0.4, -0.2) is 21.1 Å². The number of halogens is 1. The van der Waals surface area contributed by atoms with Crippen molar-refractivity contribution in [3.05, 3.63) is 79.9 Å². The lowest BCUT2D eigenvalue weighted by Crippen LogP contribution is -2.22. The topological polar surface area (TPSA) is 63.0 Å². The van der Waals surface area contributed by atoms with Crippen LogP contribution in [0.15, 0.2) is 58.4 Å². The van der Waals surface area contributed by atoms with Gasteiger partial charge in [0.2, 0.25) is 4.77 Å². The number of nitrogens with one attached hydrogen (secondary N) is 1. The molecule has 0 bridgehead atoms. The third-order valence-corrected chi connectivity index (χ3v) is 4.89. The van der Waals surface area contributed by atoms with E-state index in [9.17, 15) is 4.79 Å². The van der Waals surface area contributed by atoms with E-state index in [2.05, 4.69) is 15.3 Å². The lowest BCUT2D eigenvalue weighted by molar-refractivity contribution is 0.720. The van der Waals surface area contributed by atoms with Crippen LogP contribution in [0.3, 0.4) is 0 Å². The van der Waals surface area contributed by atoms with E-state index in [-0.39, 0.29) is 10.3 Å². The molecule has 0 amide bonds. The molecule has 1 N–H and O–H groups in total. The minimum absolute atomic E-state index is 0.138. The van der Waals surface area contributed by atoms with E-state index in [4.69, 9.17) is 23.8 Å². The van der Waals surface area contributed by atoms with Crippen molar-refractivity contribution in [3.63, 3.8) is 0 Å². The van der Waals surface area contributed by atoms with Crippen molar-refractivity contribution in [1.29, 1.82) is 0 Å². The van der Waals surface area contributed by atoms with Crippen LogP contribution in [0.1, 0.15) is 11.3 Å². The summed E-state index contributed by atoms with van der Waals surface area (Å²) < 4.78 is 1.27. The number of fused-ring (bicyclic) bond motifs is 2. The lowest BCUT2D eigenvalue weighted by atomic mass is 9.97. The molecule has 0 aliphatic rings. The van der Waals surface area contributed by atoms with E-state index >= 15 is 0 Å². The van der Waals surface area contributed by atoms with Crippen molar-refractivity contribution in [2.75, 3.05) is 0 Å². The molecule has 0 radical (unpaired) electrons. The van der Waals surface area contributed by atoms with Gasteiger partial charge in [-0.1, -0.05) is 60.1 Å². The van der Waals surface area contributed by atoms with Crippen LogP contribution < -0.4 is 5.56 Å². The monoisotopic (exact) mass is 380 g/mol. The first-order valence-corrected chi connectivity index (χ1v) is 8.68. The maximum Gasteiger partial charge on any atom is 0.296 e. The molecular weight excluding hydrogens is 368 g/mol. The second-order valence-corrected chi connectivity index (χ2v) is 6.56. The number of rotatable bonds is 2. The molecule has 1 aromatic heterocycles. The Bertz CT molecular complexity index is 1250. The second-order valence-electron chi connectivity index (χ2n) is 5.79. The minimum atomic E-state index is -0.354. The van der Waals surface area contributed by atoms with Gasteiger partial charge in [0.05, 0.1) is 11.2 Å². The van der Waals surface area contributed by atoms with E-state index < -0.39 is 0 Å². The summed E-state index contributed by atoms with van der Waals surface area (Å²) in [6, 6.07) is 15.7. The van der Waals surface area contributed by atoms with E-state index in [1.165, 1.54) is 0 Å². The second kappa shape index (κ2) is 6.48. The van der Waals surface area contributed by atoms with Crippen molar-refractivity contribution >= 4 is 51.6 Å².